The number of ketones is 1. The van der Waals surface area contributed by atoms with Crippen molar-refractivity contribution in [2.75, 3.05) is 0 Å². The number of carbonyl (C=O) groups excluding carboxylic acids is 1. The van der Waals surface area contributed by atoms with E-state index in [2.05, 4.69) is 0 Å². The predicted molar refractivity (Wildman–Crippen MR) is 129 cm³/mol. The highest BCUT2D eigenvalue weighted by molar-refractivity contribution is 6.70. The summed E-state index contributed by atoms with van der Waals surface area (Å²) < 4.78 is 95.7. The second-order valence-electron chi connectivity index (χ2n) is 11.0. The van der Waals surface area contributed by atoms with Gasteiger partial charge in [-0.05, 0) is 52.1 Å². The molecular formula is C23H44F6O3Si2. The summed E-state index contributed by atoms with van der Waals surface area (Å²) in [7, 11) is -5.55. The molecule has 0 rings (SSSR count). The number of Topliss-reactive ketones (excluding diaryl/α,β-unsaturated/α-hetero) is 1. The van der Waals surface area contributed by atoms with Crippen molar-refractivity contribution in [1.29, 1.82) is 0 Å². The SMILES string of the molecule is CCCCC[C@H](C(=O)[C@@H](CCCCC)C(O[Si](C)(C)C)C(F)(F)F)C(O[Si](C)(C)C)C(F)(F)F. The van der Waals surface area contributed by atoms with Crippen LogP contribution < -0.4 is 0 Å². The highest BCUT2D eigenvalue weighted by Gasteiger charge is 2.55. The lowest BCUT2D eigenvalue weighted by Gasteiger charge is -2.38. The number of rotatable bonds is 16. The average molecular weight is 539 g/mol. The maximum Gasteiger partial charge on any atom is 0.414 e. The molecule has 11 heteroatoms. The number of halogens is 6. The zero-order valence-corrected chi connectivity index (χ0v) is 24.0. The minimum Gasteiger partial charge on any atom is -0.405 e. The van der Waals surface area contributed by atoms with E-state index in [4.69, 9.17) is 8.85 Å². The van der Waals surface area contributed by atoms with Crippen molar-refractivity contribution in [2.24, 2.45) is 11.8 Å². The lowest BCUT2D eigenvalue weighted by atomic mass is 9.79. The first-order chi connectivity index (χ1) is 15.2. The van der Waals surface area contributed by atoms with E-state index < -0.39 is 58.8 Å². The topological polar surface area (TPSA) is 35.5 Å². The molecule has 0 aliphatic carbocycles. The molecule has 0 aromatic carbocycles. The van der Waals surface area contributed by atoms with Gasteiger partial charge in [-0.1, -0.05) is 52.4 Å². The van der Waals surface area contributed by atoms with Crippen LogP contribution in [0.15, 0.2) is 0 Å². The van der Waals surface area contributed by atoms with Crippen molar-refractivity contribution in [1.82, 2.24) is 0 Å². The molecule has 0 aliphatic heterocycles. The molecule has 3 nitrogen and oxygen atoms in total. The molecule has 0 fully saturated rings. The van der Waals surface area contributed by atoms with Crippen LogP contribution >= 0.6 is 0 Å². The Hall–Kier alpha value is -0.396. The molecule has 0 aromatic heterocycles. The monoisotopic (exact) mass is 538 g/mol. The van der Waals surface area contributed by atoms with E-state index >= 15 is 0 Å². The third-order valence-electron chi connectivity index (χ3n) is 5.31. The van der Waals surface area contributed by atoms with Gasteiger partial charge in [0.1, 0.15) is 5.78 Å². The lowest BCUT2D eigenvalue weighted by molar-refractivity contribution is -0.225. The third kappa shape index (κ3) is 13.1. The molecule has 2 unspecified atom stereocenters. The van der Waals surface area contributed by atoms with Crippen molar-refractivity contribution in [3.05, 3.63) is 0 Å². The number of unbranched alkanes of at least 4 members (excludes halogenated alkanes) is 4. The van der Waals surface area contributed by atoms with E-state index in [9.17, 15) is 31.1 Å². The summed E-state index contributed by atoms with van der Waals surface area (Å²) in [5, 5.41) is 0. The van der Waals surface area contributed by atoms with Crippen LogP contribution in [0.3, 0.4) is 0 Å². The summed E-state index contributed by atoms with van der Waals surface area (Å²) in [5.41, 5.74) is 0. The number of hydrogen-bond acceptors (Lipinski definition) is 3. The summed E-state index contributed by atoms with van der Waals surface area (Å²) in [6.07, 6.45) is -11.7. The number of hydrogen-bond donors (Lipinski definition) is 0. The molecule has 0 radical (unpaired) electrons. The van der Waals surface area contributed by atoms with Crippen molar-refractivity contribution in [3.8, 4) is 0 Å². The van der Waals surface area contributed by atoms with Gasteiger partial charge in [-0.15, -0.1) is 0 Å². The van der Waals surface area contributed by atoms with E-state index in [1.54, 1.807) is 39.3 Å². The Labute approximate surface area is 203 Å². The van der Waals surface area contributed by atoms with Crippen LogP contribution in [-0.2, 0) is 13.6 Å². The Bertz CT molecular complexity index is 547. The van der Waals surface area contributed by atoms with Crippen LogP contribution in [0.5, 0.6) is 0 Å². The van der Waals surface area contributed by atoms with E-state index in [0.29, 0.717) is 38.5 Å². The fraction of sp³-hybridized carbons (Fsp3) is 0.957. The van der Waals surface area contributed by atoms with Gasteiger partial charge in [-0.2, -0.15) is 26.3 Å². The summed E-state index contributed by atoms with van der Waals surface area (Å²) >= 11 is 0. The smallest absolute Gasteiger partial charge is 0.405 e. The summed E-state index contributed by atoms with van der Waals surface area (Å²) in [6.45, 7) is 13.2. The fourth-order valence-electron chi connectivity index (χ4n) is 3.91. The van der Waals surface area contributed by atoms with Crippen molar-refractivity contribution in [3.63, 3.8) is 0 Å². The second kappa shape index (κ2) is 13.8. The molecule has 0 aromatic rings. The molecule has 0 N–H and O–H groups in total. The zero-order valence-electron chi connectivity index (χ0n) is 22.0. The number of alkyl halides is 6. The van der Waals surface area contributed by atoms with Gasteiger partial charge in [0.15, 0.2) is 28.8 Å². The van der Waals surface area contributed by atoms with Crippen LogP contribution in [0.2, 0.25) is 39.3 Å². The van der Waals surface area contributed by atoms with E-state index in [0.717, 1.165) is 0 Å². The van der Waals surface area contributed by atoms with Gasteiger partial charge in [0, 0.05) is 0 Å². The van der Waals surface area contributed by atoms with Gasteiger partial charge in [0.25, 0.3) is 0 Å². The molecule has 34 heavy (non-hydrogen) atoms. The fourth-order valence-corrected chi connectivity index (χ4v) is 6.02. The molecule has 0 amide bonds. The standard InChI is InChI=1S/C23H44F6O3Si2/c1-9-11-13-15-17(20(22(24,25)26)31-33(3,4)5)19(30)18(16-14-12-10-2)21(23(27,28)29)32-34(6,7)8/h17-18,20-21H,9-16H2,1-8H3/t17-,18-,20?,21?/m1/s1. The first kappa shape index (κ1) is 33.6. The molecule has 0 spiro atoms. The maximum absolute atomic E-state index is 14.1. The highest BCUT2D eigenvalue weighted by Crippen LogP contribution is 2.40. The van der Waals surface area contributed by atoms with Crippen LogP contribution in [-0.4, -0.2) is 47.0 Å². The third-order valence-corrected chi connectivity index (χ3v) is 7.23. The van der Waals surface area contributed by atoms with Crippen molar-refractivity contribution in [2.45, 2.75) is 129 Å². The summed E-state index contributed by atoms with van der Waals surface area (Å²) in [5.74, 6) is -4.42. The first-order valence-corrected chi connectivity index (χ1v) is 19.1. The second-order valence-corrected chi connectivity index (χ2v) is 19.9. The van der Waals surface area contributed by atoms with Crippen LogP contribution in [0.4, 0.5) is 26.3 Å². The van der Waals surface area contributed by atoms with Crippen LogP contribution in [0, 0.1) is 11.8 Å². The highest BCUT2D eigenvalue weighted by atomic mass is 28.4. The van der Waals surface area contributed by atoms with E-state index in [1.807, 2.05) is 13.8 Å². The van der Waals surface area contributed by atoms with Crippen molar-refractivity contribution < 1.29 is 40.0 Å². The van der Waals surface area contributed by atoms with Crippen molar-refractivity contribution >= 4 is 22.4 Å². The van der Waals surface area contributed by atoms with Crippen LogP contribution in [0.25, 0.3) is 0 Å². The largest absolute Gasteiger partial charge is 0.414 e. The molecule has 0 saturated heterocycles. The average Bonchev–Trinajstić information content (AvgIpc) is 2.62. The van der Waals surface area contributed by atoms with E-state index in [1.165, 1.54) is 0 Å². The summed E-state index contributed by atoms with van der Waals surface area (Å²) in [4.78, 5) is 13.7. The summed E-state index contributed by atoms with van der Waals surface area (Å²) in [6, 6.07) is 0. The molecule has 0 heterocycles. The van der Waals surface area contributed by atoms with Gasteiger partial charge < -0.3 is 8.85 Å². The molecule has 204 valence electrons. The first-order valence-electron chi connectivity index (χ1n) is 12.3. The number of carbonyl (C=O) groups is 1. The van der Waals surface area contributed by atoms with Gasteiger partial charge in [0.2, 0.25) is 0 Å². The Balaban J connectivity index is 6.51. The molecule has 0 bridgehead atoms. The lowest BCUT2D eigenvalue weighted by Crippen LogP contribution is -2.53. The maximum atomic E-state index is 14.1. The molecule has 4 atom stereocenters. The quantitative estimate of drug-likeness (QED) is 0.112. The molecule has 0 aliphatic rings. The minimum absolute atomic E-state index is 0.164. The van der Waals surface area contributed by atoms with Gasteiger partial charge in [-0.25, -0.2) is 0 Å². The predicted octanol–water partition coefficient (Wildman–Crippen LogP) is 8.51. The normalized spacial score (nSPS) is 17.4. The van der Waals surface area contributed by atoms with Gasteiger partial charge in [0.05, 0.1) is 11.8 Å². The Morgan fingerprint density at radius 2 is 0.941 bits per heavy atom. The van der Waals surface area contributed by atoms with Gasteiger partial charge in [-0.3, -0.25) is 4.79 Å². The Morgan fingerprint density at radius 1 is 0.647 bits per heavy atom. The van der Waals surface area contributed by atoms with Crippen LogP contribution in [0.1, 0.15) is 65.2 Å². The molecular weight excluding hydrogens is 494 g/mol. The minimum atomic E-state index is -4.87. The Morgan fingerprint density at radius 3 is 1.15 bits per heavy atom. The zero-order chi connectivity index (χ0) is 27.0. The Kier molecular flexibility index (Phi) is 13.6. The molecule has 0 saturated carbocycles. The van der Waals surface area contributed by atoms with E-state index in [-0.39, 0.29) is 12.8 Å². The van der Waals surface area contributed by atoms with Gasteiger partial charge >= 0.3 is 12.4 Å².